The minimum atomic E-state index is -0.405. The zero-order chi connectivity index (χ0) is 12.4. The maximum absolute atomic E-state index is 10.7. The van der Waals surface area contributed by atoms with E-state index in [1.54, 1.807) is 0 Å². The van der Waals surface area contributed by atoms with E-state index in [9.17, 15) is 5.11 Å². The van der Waals surface area contributed by atoms with Gasteiger partial charge in [-0.05, 0) is 25.7 Å². The van der Waals surface area contributed by atoms with Crippen LogP contribution in [0, 0.1) is 0 Å². The number of nitrogens with zero attached hydrogens (tertiary/aromatic N) is 1. The maximum Gasteiger partial charge on any atom is 0.0774 e. The van der Waals surface area contributed by atoms with E-state index in [0.29, 0.717) is 12.1 Å². The largest absolute Gasteiger partial charge is 0.389 e. The van der Waals surface area contributed by atoms with Crippen molar-refractivity contribution in [2.24, 2.45) is 0 Å². The van der Waals surface area contributed by atoms with E-state index in [1.165, 1.54) is 44.9 Å². The highest BCUT2D eigenvalue weighted by Crippen LogP contribution is 2.33. The summed E-state index contributed by atoms with van der Waals surface area (Å²) in [7, 11) is 0. The molecule has 1 saturated heterocycles. The molecular weight excluding hydrogens is 226 g/mol. The number of ether oxygens (including phenoxy) is 1. The molecule has 2 unspecified atom stereocenters. The Morgan fingerprint density at radius 1 is 1.06 bits per heavy atom. The molecule has 0 aromatic heterocycles. The molecule has 3 nitrogen and oxygen atoms in total. The van der Waals surface area contributed by atoms with E-state index in [4.69, 9.17) is 4.74 Å². The van der Waals surface area contributed by atoms with Gasteiger partial charge in [-0.15, -0.1) is 0 Å². The SMILES string of the molecule is OC1(CN2CCOC3CCCCC32)CCCCC1. The quantitative estimate of drug-likeness (QED) is 0.820. The second kappa shape index (κ2) is 5.48. The van der Waals surface area contributed by atoms with Gasteiger partial charge in [0.25, 0.3) is 0 Å². The van der Waals surface area contributed by atoms with E-state index in [-0.39, 0.29) is 0 Å². The van der Waals surface area contributed by atoms with Gasteiger partial charge in [0.05, 0.1) is 18.3 Å². The Balaban J connectivity index is 1.63. The van der Waals surface area contributed by atoms with Crippen LogP contribution in [0.1, 0.15) is 57.8 Å². The summed E-state index contributed by atoms with van der Waals surface area (Å²) < 4.78 is 5.91. The Bertz CT molecular complexity index is 274. The monoisotopic (exact) mass is 253 g/mol. The van der Waals surface area contributed by atoms with Gasteiger partial charge in [0.1, 0.15) is 0 Å². The van der Waals surface area contributed by atoms with E-state index < -0.39 is 5.60 Å². The van der Waals surface area contributed by atoms with E-state index in [1.807, 2.05) is 0 Å². The first kappa shape index (κ1) is 12.9. The number of fused-ring (bicyclic) bond motifs is 1. The minimum absolute atomic E-state index is 0.405. The summed E-state index contributed by atoms with van der Waals surface area (Å²) in [6.07, 6.45) is 11.3. The molecule has 2 saturated carbocycles. The summed E-state index contributed by atoms with van der Waals surface area (Å²) in [6.45, 7) is 2.76. The first-order valence-electron chi connectivity index (χ1n) is 7.85. The summed E-state index contributed by atoms with van der Waals surface area (Å²) in [5, 5.41) is 10.7. The smallest absolute Gasteiger partial charge is 0.0774 e. The van der Waals surface area contributed by atoms with Crippen molar-refractivity contribution in [2.75, 3.05) is 19.7 Å². The van der Waals surface area contributed by atoms with Crippen molar-refractivity contribution in [2.45, 2.75) is 75.5 Å². The number of hydrogen-bond donors (Lipinski definition) is 1. The average molecular weight is 253 g/mol. The van der Waals surface area contributed by atoms with Gasteiger partial charge < -0.3 is 9.84 Å². The van der Waals surface area contributed by atoms with Crippen molar-refractivity contribution in [3.63, 3.8) is 0 Å². The lowest BCUT2D eigenvalue weighted by Crippen LogP contribution is -2.57. The molecule has 18 heavy (non-hydrogen) atoms. The summed E-state index contributed by atoms with van der Waals surface area (Å²) in [4.78, 5) is 2.54. The van der Waals surface area contributed by atoms with Crippen molar-refractivity contribution in [1.82, 2.24) is 4.90 Å². The molecular formula is C15H27NO2. The third-order valence-electron chi connectivity index (χ3n) is 5.13. The summed E-state index contributed by atoms with van der Waals surface area (Å²) >= 11 is 0. The Labute approximate surface area is 110 Å². The molecule has 1 heterocycles. The van der Waals surface area contributed by atoms with Crippen molar-refractivity contribution >= 4 is 0 Å². The van der Waals surface area contributed by atoms with Crippen LogP contribution in [0.25, 0.3) is 0 Å². The Hall–Kier alpha value is -0.120. The van der Waals surface area contributed by atoms with Crippen LogP contribution in [-0.2, 0) is 4.74 Å². The predicted octanol–water partition coefficient (Wildman–Crippen LogP) is 2.33. The van der Waals surface area contributed by atoms with Crippen LogP contribution in [0.5, 0.6) is 0 Å². The van der Waals surface area contributed by atoms with E-state index in [2.05, 4.69) is 4.90 Å². The highest BCUT2D eigenvalue weighted by Gasteiger charge is 2.39. The molecule has 3 fully saturated rings. The average Bonchev–Trinajstić information content (AvgIpc) is 2.40. The molecule has 2 aliphatic carbocycles. The third-order valence-corrected chi connectivity index (χ3v) is 5.13. The van der Waals surface area contributed by atoms with E-state index >= 15 is 0 Å². The number of hydrogen-bond acceptors (Lipinski definition) is 3. The number of morpholine rings is 1. The van der Waals surface area contributed by atoms with Gasteiger partial charge in [-0.3, -0.25) is 4.90 Å². The molecule has 1 N–H and O–H groups in total. The zero-order valence-corrected chi connectivity index (χ0v) is 11.4. The second-order valence-electron chi connectivity index (χ2n) is 6.52. The predicted molar refractivity (Wildman–Crippen MR) is 71.6 cm³/mol. The van der Waals surface area contributed by atoms with Crippen LogP contribution >= 0.6 is 0 Å². The Kier molecular flexibility index (Phi) is 3.92. The normalized spacial score (nSPS) is 37.2. The molecule has 0 aromatic carbocycles. The lowest BCUT2D eigenvalue weighted by molar-refractivity contribution is -0.118. The lowest BCUT2D eigenvalue weighted by Gasteiger charge is -2.47. The molecule has 2 atom stereocenters. The van der Waals surface area contributed by atoms with Gasteiger partial charge in [0.15, 0.2) is 0 Å². The fourth-order valence-electron chi connectivity index (χ4n) is 4.12. The van der Waals surface area contributed by atoms with Gasteiger partial charge in [-0.1, -0.05) is 32.1 Å². The van der Waals surface area contributed by atoms with Gasteiger partial charge in [0.2, 0.25) is 0 Å². The molecule has 3 rings (SSSR count). The molecule has 0 aromatic rings. The summed E-state index contributed by atoms with van der Waals surface area (Å²) in [5.74, 6) is 0. The highest BCUT2D eigenvalue weighted by molar-refractivity contribution is 4.93. The van der Waals surface area contributed by atoms with Gasteiger partial charge in [0, 0.05) is 19.1 Å². The number of aliphatic hydroxyl groups is 1. The van der Waals surface area contributed by atoms with Crippen LogP contribution in [0.15, 0.2) is 0 Å². The molecule has 3 heteroatoms. The van der Waals surface area contributed by atoms with E-state index in [0.717, 1.165) is 32.5 Å². The summed E-state index contributed by atoms with van der Waals surface area (Å²) in [6, 6.07) is 0.582. The third kappa shape index (κ3) is 2.73. The van der Waals surface area contributed by atoms with Crippen LogP contribution in [-0.4, -0.2) is 47.4 Å². The van der Waals surface area contributed by atoms with Crippen LogP contribution in [0.4, 0.5) is 0 Å². The van der Waals surface area contributed by atoms with Gasteiger partial charge in [-0.2, -0.15) is 0 Å². The summed E-state index contributed by atoms with van der Waals surface area (Å²) in [5.41, 5.74) is -0.405. The fraction of sp³-hybridized carbons (Fsp3) is 1.00. The Morgan fingerprint density at radius 2 is 1.83 bits per heavy atom. The topological polar surface area (TPSA) is 32.7 Å². The maximum atomic E-state index is 10.7. The van der Waals surface area contributed by atoms with Crippen molar-refractivity contribution in [3.8, 4) is 0 Å². The van der Waals surface area contributed by atoms with Crippen LogP contribution < -0.4 is 0 Å². The molecule has 0 spiro atoms. The molecule has 1 aliphatic heterocycles. The molecule has 0 amide bonds. The highest BCUT2D eigenvalue weighted by atomic mass is 16.5. The van der Waals surface area contributed by atoms with Crippen molar-refractivity contribution in [1.29, 1.82) is 0 Å². The Morgan fingerprint density at radius 3 is 2.67 bits per heavy atom. The number of β-amino-alcohol motifs (C(OH)–C–C–N with tert-alkyl or cyclic N) is 1. The first-order valence-corrected chi connectivity index (χ1v) is 7.85. The second-order valence-corrected chi connectivity index (χ2v) is 6.52. The van der Waals surface area contributed by atoms with Crippen LogP contribution in [0.2, 0.25) is 0 Å². The fourth-order valence-corrected chi connectivity index (χ4v) is 4.12. The van der Waals surface area contributed by atoms with Crippen molar-refractivity contribution in [3.05, 3.63) is 0 Å². The van der Waals surface area contributed by atoms with Gasteiger partial charge >= 0.3 is 0 Å². The van der Waals surface area contributed by atoms with Gasteiger partial charge in [-0.25, -0.2) is 0 Å². The molecule has 0 bridgehead atoms. The minimum Gasteiger partial charge on any atom is -0.389 e. The molecule has 3 aliphatic rings. The lowest BCUT2D eigenvalue weighted by atomic mass is 9.83. The molecule has 0 radical (unpaired) electrons. The first-order chi connectivity index (χ1) is 8.77. The van der Waals surface area contributed by atoms with Crippen molar-refractivity contribution < 1.29 is 9.84 Å². The number of rotatable bonds is 2. The molecule has 104 valence electrons. The van der Waals surface area contributed by atoms with Crippen LogP contribution in [0.3, 0.4) is 0 Å². The zero-order valence-electron chi connectivity index (χ0n) is 11.4. The standard InChI is InChI=1S/C15H27NO2/c17-15(8-4-1-5-9-15)12-16-10-11-18-14-7-3-2-6-13(14)16/h13-14,17H,1-12H2.